The zero-order valence-electron chi connectivity index (χ0n) is 11.2. The van der Waals surface area contributed by atoms with E-state index in [-0.39, 0.29) is 4.88 Å². The van der Waals surface area contributed by atoms with Gasteiger partial charge in [-0.25, -0.2) is 14.5 Å². The summed E-state index contributed by atoms with van der Waals surface area (Å²) in [6.45, 7) is 0. The monoisotopic (exact) mass is 331 g/mol. The fourth-order valence-electron chi connectivity index (χ4n) is 1.79. The number of carboxylic acid groups (broad SMARTS) is 1. The fourth-order valence-corrected chi connectivity index (χ4v) is 2.57. The Labute approximate surface area is 135 Å². The Hall–Kier alpha value is -2.44. The minimum absolute atomic E-state index is 0.219. The second-order valence-electron chi connectivity index (χ2n) is 4.40. The summed E-state index contributed by atoms with van der Waals surface area (Å²) < 4.78 is 1.74. The standard InChI is InChI=1S/C15H10ClN3O2S/c16-11-2-4-12(5-3-11)19-9-10(7-18-19)1-6-14-17-8-13(22-14)15(20)21/h1-9H,(H,20,21)/b6-1+. The molecule has 0 fully saturated rings. The summed E-state index contributed by atoms with van der Waals surface area (Å²) in [6, 6.07) is 7.36. The highest BCUT2D eigenvalue weighted by Gasteiger charge is 2.06. The van der Waals surface area contributed by atoms with Gasteiger partial charge in [-0.2, -0.15) is 5.10 Å². The highest BCUT2D eigenvalue weighted by atomic mass is 35.5. The molecule has 0 aliphatic carbocycles. The van der Waals surface area contributed by atoms with Crippen LogP contribution < -0.4 is 0 Å². The molecule has 0 aliphatic rings. The lowest BCUT2D eigenvalue weighted by Gasteiger charge is -1.99. The van der Waals surface area contributed by atoms with Crippen LogP contribution in [-0.4, -0.2) is 25.8 Å². The fraction of sp³-hybridized carbons (Fsp3) is 0. The lowest BCUT2D eigenvalue weighted by molar-refractivity contribution is 0.0702. The van der Waals surface area contributed by atoms with Crippen molar-refractivity contribution in [3.05, 3.63) is 63.3 Å². The Bertz CT molecular complexity index is 837. The number of carbonyl (C=O) groups is 1. The summed E-state index contributed by atoms with van der Waals surface area (Å²) in [5.74, 6) is -0.965. The summed E-state index contributed by atoms with van der Waals surface area (Å²) in [5.41, 5.74) is 1.80. The summed E-state index contributed by atoms with van der Waals surface area (Å²) in [5, 5.41) is 14.4. The topological polar surface area (TPSA) is 68.0 Å². The minimum atomic E-state index is -0.965. The third-order valence-electron chi connectivity index (χ3n) is 2.85. The molecule has 1 aromatic carbocycles. The second kappa shape index (κ2) is 6.13. The highest BCUT2D eigenvalue weighted by molar-refractivity contribution is 7.14. The molecule has 0 radical (unpaired) electrons. The van der Waals surface area contributed by atoms with Gasteiger partial charge in [-0.15, -0.1) is 11.3 Å². The van der Waals surface area contributed by atoms with Crippen LogP contribution in [0.15, 0.2) is 42.9 Å². The van der Waals surface area contributed by atoms with Gasteiger partial charge in [0.25, 0.3) is 0 Å². The van der Waals surface area contributed by atoms with Crippen LogP contribution in [0.1, 0.15) is 20.2 Å². The summed E-state index contributed by atoms with van der Waals surface area (Å²) in [7, 11) is 0. The lowest BCUT2D eigenvalue weighted by Crippen LogP contribution is -1.92. The molecule has 7 heteroatoms. The predicted molar refractivity (Wildman–Crippen MR) is 86.6 cm³/mol. The molecule has 3 rings (SSSR count). The first-order valence-electron chi connectivity index (χ1n) is 6.29. The van der Waals surface area contributed by atoms with E-state index in [0.717, 1.165) is 22.6 Å². The van der Waals surface area contributed by atoms with E-state index in [1.54, 1.807) is 29.1 Å². The van der Waals surface area contributed by atoms with E-state index in [2.05, 4.69) is 10.1 Å². The number of hydrogen-bond donors (Lipinski definition) is 1. The molecule has 5 nitrogen and oxygen atoms in total. The van der Waals surface area contributed by atoms with Crippen molar-refractivity contribution in [1.29, 1.82) is 0 Å². The van der Waals surface area contributed by atoms with Crippen molar-refractivity contribution in [3.8, 4) is 5.69 Å². The molecule has 0 atom stereocenters. The minimum Gasteiger partial charge on any atom is -0.477 e. The van der Waals surface area contributed by atoms with Crippen LogP contribution in [0.3, 0.4) is 0 Å². The van der Waals surface area contributed by atoms with Crippen molar-refractivity contribution in [2.45, 2.75) is 0 Å². The molecular weight excluding hydrogens is 322 g/mol. The van der Waals surface area contributed by atoms with Crippen molar-refractivity contribution in [1.82, 2.24) is 14.8 Å². The third kappa shape index (κ3) is 3.24. The SMILES string of the molecule is O=C(O)c1cnc(/C=C/c2cnn(-c3ccc(Cl)cc3)c2)s1. The summed E-state index contributed by atoms with van der Waals surface area (Å²) in [6.07, 6.45) is 8.54. The van der Waals surface area contributed by atoms with E-state index in [1.807, 2.05) is 24.4 Å². The van der Waals surface area contributed by atoms with Crippen molar-refractivity contribution in [2.75, 3.05) is 0 Å². The normalized spacial score (nSPS) is 11.1. The van der Waals surface area contributed by atoms with Crippen molar-refractivity contribution >= 4 is 41.1 Å². The Morgan fingerprint density at radius 1 is 1.23 bits per heavy atom. The molecule has 110 valence electrons. The number of carboxylic acids is 1. The molecule has 2 heterocycles. The van der Waals surface area contributed by atoms with Gasteiger partial charge in [0.15, 0.2) is 0 Å². The third-order valence-corrected chi connectivity index (χ3v) is 4.05. The maximum atomic E-state index is 10.8. The van der Waals surface area contributed by atoms with Crippen LogP contribution in [0, 0.1) is 0 Å². The average molecular weight is 332 g/mol. The first-order valence-corrected chi connectivity index (χ1v) is 7.49. The van der Waals surface area contributed by atoms with E-state index in [4.69, 9.17) is 16.7 Å². The van der Waals surface area contributed by atoms with Crippen molar-refractivity contribution in [3.63, 3.8) is 0 Å². The molecule has 3 aromatic rings. The van der Waals surface area contributed by atoms with Crippen molar-refractivity contribution in [2.24, 2.45) is 0 Å². The number of aromatic nitrogens is 3. The maximum Gasteiger partial charge on any atom is 0.347 e. The molecule has 1 N–H and O–H groups in total. The Kier molecular flexibility index (Phi) is 4.04. The summed E-state index contributed by atoms with van der Waals surface area (Å²) in [4.78, 5) is 15.1. The first-order chi connectivity index (χ1) is 10.6. The molecule has 0 aliphatic heterocycles. The van der Waals surface area contributed by atoms with Gasteiger partial charge < -0.3 is 5.11 Å². The van der Waals surface area contributed by atoms with Crippen LogP contribution >= 0.6 is 22.9 Å². The maximum absolute atomic E-state index is 10.8. The number of benzene rings is 1. The molecule has 0 unspecified atom stereocenters. The largest absolute Gasteiger partial charge is 0.477 e. The van der Waals surface area contributed by atoms with E-state index in [1.165, 1.54) is 6.20 Å². The molecule has 0 saturated heterocycles. The van der Waals surface area contributed by atoms with E-state index in [9.17, 15) is 4.79 Å². The van der Waals surface area contributed by atoms with E-state index >= 15 is 0 Å². The van der Waals surface area contributed by atoms with Crippen LogP contribution in [0.25, 0.3) is 17.8 Å². The number of aromatic carboxylic acids is 1. The molecule has 2 aromatic heterocycles. The van der Waals surface area contributed by atoms with Gasteiger partial charge >= 0.3 is 5.97 Å². The average Bonchev–Trinajstić information content (AvgIpc) is 3.15. The highest BCUT2D eigenvalue weighted by Crippen LogP contribution is 2.17. The smallest absolute Gasteiger partial charge is 0.347 e. The number of rotatable bonds is 4. The van der Waals surface area contributed by atoms with Crippen LogP contribution in [0.5, 0.6) is 0 Å². The zero-order chi connectivity index (χ0) is 15.5. The quantitative estimate of drug-likeness (QED) is 0.788. The van der Waals surface area contributed by atoms with E-state index in [0.29, 0.717) is 10.0 Å². The number of hydrogen-bond acceptors (Lipinski definition) is 4. The summed E-state index contributed by atoms with van der Waals surface area (Å²) >= 11 is 6.98. The molecule has 0 amide bonds. The molecule has 0 bridgehead atoms. The van der Waals surface area contributed by atoms with Gasteiger partial charge in [0.1, 0.15) is 9.88 Å². The van der Waals surface area contributed by atoms with Gasteiger partial charge in [-0.1, -0.05) is 11.6 Å². The van der Waals surface area contributed by atoms with Gasteiger partial charge in [0.2, 0.25) is 0 Å². The van der Waals surface area contributed by atoms with Gasteiger partial charge in [-0.05, 0) is 36.4 Å². The molecular formula is C15H10ClN3O2S. The Morgan fingerprint density at radius 2 is 2.00 bits per heavy atom. The Balaban J connectivity index is 1.77. The predicted octanol–water partition coefficient (Wildman–Crippen LogP) is 3.85. The molecule has 22 heavy (non-hydrogen) atoms. The van der Waals surface area contributed by atoms with E-state index < -0.39 is 5.97 Å². The van der Waals surface area contributed by atoms with Crippen molar-refractivity contribution < 1.29 is 9.90 Å². The van der Waals surface area contributed by atoms with Crippen LogP contribution in [-0.2, 0) is 0 Å². The lowest BCUT2D eigenvalue weighted by atomic mass is 10.3. The van der Waals surface area contributed by atoms with Gasteiger partial charge in [0.05, 0.1) is 18.1 Å². The van der Waals surface area contributed by atoms with Gasteiger partial charge in [-0.3, -0.25) is 0 Å². The number of nitrogens with zero attached hydrogens (tertiary/aromatic N) is 3. The molecule has 0 saturated carbocycles. The second-order valence-corrected chi connectivity index (χ2v) is 5.89. The molecule has 0 spiro atoms. The van der Waals surface area contributed by atoms with Crippen LogP contribution in [0.4, 0.5) is 0 Å². The van der Waals surface area contributed by atoms with Gasteiger partial charge in [0, 0.05) is 16.8 Å². The zero-order valence-corrected chi connectivity index (χ0v) is 12.8. The number of halogens is 1. The van der Waals surface area contributed by atoms with Crippen LogP contribution in [0.2, 0.25) is 5.02 Å². The number of thiazole rings is 1. The Morgan fingerprint density at radius 3 is 2.68 bits per heavy atom. The first kappa shape index (κ1) is 14.5.